The number of piperazine rings is 1. The standard InChI is InChI=1S/C20H30N2O4S/c1-16-7-8-18(14-20(23)24)13-19(16)27(25,26)22-11-9-21(10-12-22)15-17-5-3-2-4-6-17/h7-8,13,17H,2-6,9-12,14-15H2,1H3,(H,23,24). The Morgan fingerprint density at radius 2 is 1.78 bits per heavy atom. The molecule has 0 spiro atoms. The average Bonchev–Trinajstić information content (AvgIpc) is 2.64. The minimum atomic E-state index is -3.59. The molecular weight excluding hydrogens is 364 g/mol. The number of sulfonamides is 1. The van der Waals surface area contributed by atoms with Crippen molar-refractivity contribution in [3.63, 3.8) is 0 Å². The third kappa shape index (κ3) is 5.09. The third-order valence-corrected chi connectivity index (χ3v) is 7.84. The van der Waals surface area contributed by atoms with Crippen molar-refractivity contribution in [3.05, 3.63) is 29.3 Å². The molecule has 1 aliphatic carbocycles. The van der Waals surface area contributed by atoms with Crippen molar-refractivity contribution in [1.82, 2.24) is 9.21 Å². The van der Waals surface area contributed by atoms with Gasteiger partial charge in [-0.25, -0.2) is 8.42 Å². The van der Waals surface area contributed by atoms with Crippen LogP contribution in [0.4, 0.5) is 0 Å². The van der Waals surface area contributed by atoms with Crippen molar-refractivity contribution in [2.24, 2.45) is 5.92 Å². The van der Waals surface area contributed by atoms with Crippen LogP contribution in [0.15, 0.2) is 23.1 Å². The van der Waals surface area contributed by atoms with E-state index in [0.717, 1.165) is 25.6 Å². The molecule has 6 nitrogen and oxygen atoms in total. The maximum Gasteiger partial charge on any atom is 0.307 e. The van der Waals surface area contributed by atoms with Gasteiger partial charge in [-0.05, 0) is 42.9 Å². The van der Waals surface area contributed by atoms with E-state index in [1.807, 2.05) is 0 Å². The monoisotopic (exact) mass is 394 g/mol. The van der Waals surface area contributed by atoms with Gasteiger partial charge >= 0.3 is 5.97 Å². The van der Waals surface area contributed by atoms with E-state index >= 15 is 0 Å². The summed E-state index contributed by atoms with van der Waals surface area (Å²) in [7, 11) is -3.59. The number of aryl methyl sites for hydroxylation is 1. The first-order valence-corrected chi connectivity index (χ1v) is 11.3. The number of carboxylic acids is 1. The first kappa shape index (κ1) is 20.3. The van der Waals surface area contributed by atoms with Gasteiger partial charge in [-0.3, -0.25) is 4.79 Å². The Bertz CT molecular complexity index is 764. The fourth-order valence-electron chi connectivity index (χ4n) is 4.23. The zero-order valence-corrected chi connectivity index (χ0v) is 16.9. The molecule has 1 aromatic carbocycles. The fraction of sp³-hybridized carbons (Fsp3) is 0.650. The van der Waals surface area contributed by atoms with E-state index in [9.17, 15) is 13.2 Å². The van der Waals surface area contributed by atoms with Gasteiger partial charge in [0, 0.05) is 32.7 Å². The van der Waals surface area contributed by atoms with E-state index in [0.29, 0.717) is 24.2 Å². The van der Waals surface area contributed by atoms with Crippen molar-refractivity contribution in [1.29, 1.82) is 0 Å². The van der Waals surface area contributed by atoms with E-state index in [-0.39, 0.29) is 11.3 Å². The number of aliphatic carboxylic acids is 1. The van der Waals surface area contributed by atoms with Crippen molar-refractivity contribution >= 4 is 16.0 Å². The number of hydrogen-bond acceptors (Lipinski definition) is 4. The van der Waals surface area contributed by atoms with Gasteiger partial charge in [0.15, 0.2) is 0 Å². The predicted molar refractivity (Wildman–Crippen MR) is 104 cm³/mol. The molecule has 27 heavy (non-hydrogen) atoms. The minimum Gasteiger partial charge on any atom is -0.481 e. The Kier molecular flexibility index (Phi) is 6.55. The lowest BCUT2D eigenvalue weighted by Gasteiger charge is -2.36. The van der Waals surface area contributed by atoms with E-state index in [4.69, 9.17) is 5.11 Å². The molecule has 1 saturated carbocycles. The maximum atomic E-state index is 13.1. The third-order valence-electron chi connectivity index (χ3n) is 5.80. The summed E-state index contributed by atoms with van der Waals surface area (Å²) >= 11 is 0. The number of carboxylic acid groups (broad SMARTS) is 1. The Hall–Kier alpha value is -1.44. The van der Waals surface area contributed by atoms with Crippen LogP contribution in [0.3, 0.4) is 0 Å². The Labute approximate surface area is 162 Å². The molecule has 0 aromatic heterocycles. The van der Waals surface area contributed by atoms with Crippen molar-refractivity contribution in [3.8, 4) is 0 Å². The second kappa shape index (κ2) is 8.71. The number of hydrogen-bond donors (Lipinski definition) is 1. The molecule has 1 aromatic rings. The molecule has 2 fully saturated rings. The van der Waals surface area contributed by atoms with Gasteiger partial charge in [0.05, 0.1) is 11.3 Å². The molecular formula is C20H30N2O4S. The highest BCUT2D eigenvalue weighted by Gasteiger charge is 2.30. The highest BCUT2D eigenvalue weighted by molar-refractivity contribution is 7.89. The highest BCUT2D eigenvalue weighted by Crippen LogP contribution is 2.26. The molecule has 0 amide bonds. The SMILES string of the molecule is Cc1ccc(CC(=O)O)cc1S(=O)(=O)N1CCN(CC2CCCCC2)CC1. The van der Waals surface area contributed by atoms with Crippen LogP contribution in [0.1, 0.15) is 43.2 Å². The number of rotatable bonds is 6. The Balaban J connectivity index is 1.65. The zero-order chi connectivity index (χ0) is 19.4. The van der Waals surface area contributed by atoms with E-state index in [1.165, 1.54) is 38.2 Å². The molecule has 150 valence electrons. The molecule has 1 N–H and O–H groups in total. The maximum absolute atomic E-state index is 13.1. The summed E-state index contributed by atoms with van der Waals surface area (Å²) in [6, 6.07) is 4.91. The summed E-state index contributed by atoms with van der Waals surface area (Å²) in [5.41, 5.74) is 1.18. The largest absolute Gasteiger partial charge is 0.481 e. The summed E-state index contributed by atoms with van der Waals surface area (Å²) in [5, 5.41) is 8.98. The van der Waals surface area contributed by atoms with Crippen molar-refractivity contribution in [2.45, 2.75) is 50.3 Å². The van der Waals surface area contributed by atoms with Crippen LogP contribution in [0.2, 0.25) is 0 Å². The van der Waals surface area contributed by atoms with Gasteiger partial charge in [-0.2, -0.15) is 4.31 Å². The van der Waals surface area contributed by atoms with Gasteiger partial charge < -0.3 is 10.0 Å². The van der Waals surface area contributed by atoms with Crippen LogP contribution in [-0.2, 0) is 21.2 Å². The first-order chi connectivity index (χ1) is 12.9. The van der Waals surface area contributed by atoms with Crippen molar-refractivity contribution in [2.75, 3.05) is 32.7 Å². The van der Waals surface area contributed by atoms with Crippen LogP contribution in [0.25, 0.3) is 0 Å². The van der Waals surface area contributed by atoms with Crippen LogP contribution < -0.4 is 0 Å². The zero-order valence-electron chi connectivity index (χ0n) is 16.1. The summed E-state index contributed by atoms with van der Waals surface area (Å²) in [6.07, 6.45) is 6.43. The molecule has 3 rings (SSSR count). The van der Waals surface area contributed by atoms with Gasteiger partial charge in [-0.1, -0.05) is 31.4 Å². The lowest BCUT2D eigenvalue weighted by atomic mass is 9.89. The molecule has 0 unspecified atom stereocenters. The predicted octanol–water partition coefficient (Wildman–Crippen LogP) is 2.51. The first-order valence-electron chi connectivity index (χ1n) is 9.90. The van der Waals surface area contributed by atoms with Crippen LogP contribution >= 0.6 is 0 Å². The van der Waals surface area contributed by atoms with E-state index < -0.39 is 16.0 Å². The molecule has 7 heteroatoms. The molecule has 0 radical (unpaired) electrons. The molecule has 0 bridgehead atoms. The highest BCUT2D eigenvalue weighted by atomic mass is 32.2. The smallest absolute Gasteiger partial charge is 0.307 e. The van der Waals surface area contributed by atoms with E-state index in [2.05, 4.69) is 4.90 Å². The molecule has 1 saturated heterocycles. The lowest BCUT2D eigenvalue weighted by molar-refractivity contribution is -0.136. The quantitative estimate of drug-likeness (QED) is 0.802. The van der Waals surface area contributed by atoms with Gasteiger partial charge in [0.25, 0.3) is 0 Å². The summed E-state index contributed by atoms with van der Waals surface area (Å²) in [5.74, 6) is -0.199. The number of carbonyl (C=O) groups is 1. The van der Waals surface area contributed by atoms with Crippen LogP contribution in [-0.4, -0.2) is 61.4 Å². The second-order valence-corrected chi connectivity index (χ2v) is 9.79. The summed E-state index contributed by atoms with van der Waals surface area (Å²) < 4.78 is 27.8. The topological polar surface area (TPSA) is 77.9 Å². The normalized spacial score (nSPS) is 20.6. The summed E-state index contributed by atoms with van der Waals surface area (Å²) in [6.45, 7) is 5.38. The van der Waals surface area contributed by atoms with E-state index in [1.54, 1.807) is 23.4 Å². The van der Waals surface area contributed by atoms with Crippen molar-refractivity contribution < 1.29 is 18.3 Å². The molecule has 1 heterocycles. The minimum absolute atomic E-state index is 0.169. The average molecular weight is 395 g/mol. The van der Waals surface area contributed by atoms with Gasteiger partial charge in [-0.15, -0.1) is 0 Å². The Morgan fingerprint density at radius 1 is 1.11 bits per heavy atom. The molecule has 1 aliphatic heterocycles. The lowest BCUT2D eigenvalue weighted by Crippen LogP contribution is -2.49. The molecule has 0 atom stereocenters. The fourth-order valence-corrected chi connectivity index (χ4v) is 5.93. The van der Waals surface area contributed by atoms with Crippen LogP contribution in [0, 0.1) is 12.8 Å². The van der Waals surface area contributed by atoms with Crippen LogP contribution in [0.5, 0.6) is 0 Å². The number of benzene rings is 1. The number of nitrogens with zero attached hydrogens (tertiary/aromatic N) is 2. The van der Waals surface area contributed by atoms with Gasteiger partial charge in [0.2, 0.25) is 10.0 Å². The second-order valence-electron chi connectivity index (χ2n) is 7.88. The summed E-state index contributed by atoms with van der Waals surface area (Å²) in [4.78, 5) is 13.6. The Morgan fingerprint density at radius 3 is 2.41 bits per heavy atom. The van der Waals surface area contributed by atoms with Gasteiger partial charge in [0.1, 0.15) is 0 Å². The molecule has 2 aliphatic rings.